The molecule has 0 saturated heterocycles. The smallest absolute Gasteiger partial charge is 0.241 e. The topological polar surface area (TPSA) is 75.6 Å². The normalized spacial score (nSPS) is 10.6. The van der Waals surface area contributed by atoms with Gasteiger partial charge in [0.1, 0.15) is 6.54 Å². The molecule has 2 aromatic heterocycles. The third-order valence-corrected chi connectivity index (χ3v) is 2.84. The van der Waals surface area contributed by atoms with Gasteiger partial charge in [-0.3, -0.25) is 14.6 Å². The molecule has 18 heavy (non-hydrogen) atoms. The van der Waals surface area contributed by atoms with Crippen LogP contribution in [0.1, 0.15) is 11.4 Å². The van der Waals surface area contributed by atoms with Crippen molar-refractivity contribution in [2.24, 2.45) is 0 Å². The minimum absolute atomic E-state index is 0.0892. The Morgan fingerprint density at radius 1 is 1.61 bits per heavy atom. The number of amides is 1. The number of nitrogens with zero attached hydrogens (tertiary/aromatic N) is 3. The fraction of sp³-hybridized carbons (Fsp3) is 0.364. The molecule has 0 aliphatic heterocycles. The van der Waals surface area contributed by atoms with E-state index in [-0.39, 0.29) is 12.5 Å². The predicted molar refractivity (Wildman–Crippen MR) is 67.3 cm³/mol. The molecule has 0 radical (unpaired) electrons. The van der Waals surface area contributed by atoms with Crippen LogP contribution in [0.4, 0.5) is 0 Å². The van der Waals surface area contributed by atoms with Gasteiger partial charge in [0.15, 0.2) is 0 Å². The van der Waals surface area contributed by atoms with Crippen LogP contribution in [0.5, 0.6) is 0 Å². The summed E-state index contributed by atoms with van der Waals surface area (Å²) in [5.41, 5.74) is 1.72. The fourth-order valence-corrected chi connectivity index (χ4v) is 1.69. The second-order valence-corrected chi connectivity index (χ2v) is 4.35. The summed E-state index contributed by atoms with van der Waals surface area (Å²) >= 11 is 5.86. The molecule has 96 valence electrons. The molecule has 0 aromatic carbocycles. The SMILES string of the molecule is Cc1nn(CC(=O)NCCc2ccn[nH]2)cc1Cl. The van der Waals surface area contributed by atoms with Crippen LogP contribution in [0.3, 0.4) is 0 Å². The summed E-state index contributed by atoms with van der Waals surface area (Å²) < 4.78 is 1.53. The third kappa shape index (κ3) is 3.33. The highest BCUT2D eigenvalue weighted by molar-refractivity contribution is 6.31. The molecular weight excluding hydrogens is 254 g/mol. The number of H-pyrrole nitrogens is 1. The standard InChI is InChI=1S/C11H14ClN5O/c1-8-10(12)6-17(16-8)7-11(18)13-4-2-9-3-5-14-15-9/h3,5-6H,2,4,7H2,1H3,(H,13,18)(H,14,15). The summed E-state index contributed by atoms with van der Waals surface area (Å²) in [4.78, 5) is 11.6. The van der Waals surface area contributed by atoms with E-state index >= 15 is 0 Å². The molecule has 1 amide bonds. The van der Waals surface area contributed by atoms with E-state index in [0.717, 1.165) is 17.8 Å². The molecule has 6 nitrogen and oxygen atoms in total. The Morgan fingerprint density at radius 2 is 2.44 bits per heavy atom. The van der Waals surface area contributed by atoms with Gasteiger partial charge in [-0.2, -0.15) is 10.2 Å². The minimum Gasteiger partial charge on any atom is -0.354 e. The summed E-state index contributed by atoms with van der Waals surface area (Å²) in [7, 11) is 0. The second-order valence-electron chi connectivity index (χ2n) is 3.94. The summed E-state index contributed by atoms with van der Waals surface area (Å²) in [5.74, 6) is -0.0892. The van der Waals surface area contributed by atoms with Crippen molar-refractivity contribution < 1.29 is 4.79 Å². The molecule has 2 rings (SSSR count). The summed E-state index contributed by atoms with van der Waals surface area (Å²) in [5, 5.41) is 14.2. The van der Waals surface area contributed by atoms with E-state index in [0.29, 0.717) is 11.6 Å². The molecule has 0 aliphatic rings. The zero-order chi connectivity index (χ0) is 13.0. The van der Waals surface area contributed by atoms with Gasteiger partial charge in [0.2, 0.25) is 5.91 Å². The monoisotopic (exact) mass is 267 g/mol. The molecule has 0 aliphatic carbocycles. The van der Waals surface area contributed by atoms with Crippen LogP contribution in [-0.4, -0.2) is 32.4 Å². The van der Waals surface area contributed by atoms with E-state index in [1.54, 1.807) is 19.3 Å². The maximum atomic E-state index is 11.6. The molecule has 0 fully saturated rings. The molecule has 2 aromatic rings. The Kier molecular flexibility index (Phi) is 3.99. The lowest BCUT2D eigenvalue weighted by Crippen LogP contribution is -2.29. The molecule has 2 N–H and O–H groups in total. The molecule has 0 saturated carbocycles. The number of rotatable bonds is 5. The lowest BCUT2D eigenvalue weighted by atomic mass is 10.3. The maximum Gasteiger partial charge on any atom is 0.241 e. The first-order chi connectivity index (χ1) is 8.65. The van der Waals surface area contributed by atoms with Gasteiger partial charge < -0.3 is 5.32 Å². The van der Waals surface area contributed by atoms with Crippen LogP contribution in [0.2, 0.25) is 5.02 Å². The molecule has 2 heterocycles. The Morgan fingerprint density at radius 3 is 3.06 bits per heavy atom. The third-order valence-electron chi connectivity index (χ3n) is 2.47. The van der Waals surface area contributed by atoms with Gasteiger partial charge in [0.05, 0.1) is 10.7 Å². The molecule has 0 atom stereocenters. The number of aromatic nitrogens is 4. The molecule has 0 spiro atoms. The summed E-state index contributed by atoms with van der Waals surface area (Å²) in [6, 6.07) is 1.88. The Bertz CT molecular complexity index is 500. The van der Waals surface area contributed by atoms with Crippen molar-refractivity contribution in [2.75, 3.05) is 6.54 Å². The van der Waals surface area contributed by atoms with Gasteiger partial charge in [-0.15, -0.1) is 0 Å². The number of carbonyl (C=O) groups excluding carboxylic acids is 1. The zero-order valence-electron chi connectivity index (χ0n) is 9.98. The van der Waals surface area contributed by atoms with Crippen molar-refractivity contribution in [3.63, 3.8) is 0 Å². The van der Waals surface area contributed by atoms with Crippen LogP contribution in [0, 0.1) is 6.92 Å². The minimum atomic E-state index is -0.0892. The highest BCUT2D eigenvalue weighted by atomic mass is 35.5. The lowest BCUT2D eigenvalue weighted by molar-refractivity contribution is -0.121. The van der Waals surface area contributed by atoms with Crippen molar-refractivity contribution in [2.45, 2.75) is 19.9 Å². The molecule has 7 heteroatoms. The average molecular weight is 268 g/mol. The van der Waals surface area contributed by atoms with Crippen LogP contribution < -0.4 is 5.32 Å². The number of nitrogens with one attached hydrogen (secondary N) is 2. The highest BCUT2D eigenvalue weighted by Crippen LogP contribution is 2.11. The van der Waals surface area contributed by atoms with E-state index in [9.17, 15) is 4.79 Å². The largest absolute Gasteiger partial charge is 0.354 e. The molecular formula is C11H14ClN5O. The van der Waals surface area contributed by atoms with Gasteiger partial charge in [0.25, 0.3) is 0 Å². The Hall–Kier alpha value is -1.82. The highest BCUT2D eigenvalue weighted by Gasteiger charge is 2.06. The van der Waals surface area contributed by atoms with E-state index in [1.165, 1.54) is 4.68 Å². The summed E-state index contributed by atoms with van der Waals surface area (Å²) in [6.07, 6.45) is 4.06. The van der Waals surface area contributed by atoms with Gasteiger partial charge in [-0.25, -0.2) is 0 Å². The van der Waals surface area contributed by atoms with Crippen LogP contribution in [0.25, 0.3) is 0 Å². The number of aryl methyl sites for hydroxylation is 1. The number of aromatic amines is 1. The van der Waals surface area contributed by atoms with Crippen molar-refractivity contribution in [3.8, 4) is 0 Å². The van der Waals surface area contributed by atoms with Crippen molar-refractivity contribution in [3.05, 3.63) is 34.9 Å². The second kappa shape index (κ2) is 5.68. The number of halogens is 1. The van der Waals surface area contributed by atoms with Crippen molar-refractivity contribution in [1.82, 2.24) is 25.3 Å². The first kappa shape index (κ1) is 12.6. The number of carbonyl (C=O) groups is 1. The van der Waals surface area contributed by atoms with Gasteiger partial charge in [0, 0.05) is 31.1 Å². The Balaban J connectivity index is 1.75. The van der Waals surface area contributed by atoms with E-state index < -0.39 is 0 Å². The van der Waals surface area contributed by atoms with E-state index in [1.807, 2.05) is 6.07 Å². The van der Waals surface area contributed by atoms with Gasteiger partial charge >= 0.3 is 0 Å². The van der Waals surface area contributed by atoms with E-state index in [2.05, 4.69) is 20.6 Å². The van der Waals surface area contributed by atoms with Crippen LogP contribution >= 0.6 is 11.6 Å². The molecule has 0 unspecified atom stereocenters. The van der Waals surface area contributed by atoms with Gasteiger partial charge in [-0.05, 0) is 13.0 Å². The Labute approximate surface area is 109 Å². The average Bonchev–Trinajstić information content (AvgIpc) is 2.90. The zero-order valence-corrected chi connectivity index (χ0v) is 10.7. The molecule has 0 bridgehead atoms. The number of hydrogen-bond donors (Lipinski definition) is 2. The van der Waals surface area contributed by atoms with Crippen LogP contribution in [-0.2, 0) is 17.8 Å². The summed E-state index contributed by atoms with van der Waals surface area (Å²) in [6.45, 7) is 2.54. The van der Waals surface area contributed by atoms with Gasteiger partial charge in [-0.1, -0.05) is 11.6 Å². The quantitative estimate of drug-likeness (QED) is 0.846. The first-order valence-corrected chi connectivity index (χ1v) is 5.97. The predicted octanol–water partition coefficient (Wildman–Crippen LogP) is 0.927. The lowest BCUT2D eigenvalue weighted by Gasteiger charge is -2.04. The first-order valence-electron chi connectivity index (χ1n) is 5.59. The van der Waals surface area contributed by atoms with Crippen LogP contribution in [0.15, 0.2) is 18.5 Å². The fourth-order valence-electron chi connectivity index (χ4n) is 1.54. The van der Waals surface area contributed by atoms with Crippen molar-refractivity contribution >= 4 is 17.5 Å². The number of hydrogen-bond acceptors (Lipinski definition) is 3. The van der Waals surface area contributed by atoms with E-state index in [4.69, 9.17) is 11.6 Å². The maximum absolute atomic E-state index is 11.6. The van der Waals surface area contributed by atoms with Crippen molar-refractivity contribution in [1.29, 1.82) is 0 Å².